The number of carbonyl (C=O) groups excluding carboxylic acids is 2. The van der Waals surface area contributed by atoms with E-state index in [4.69, 9.17) is 11.6 Å². The van der Waals surface area contributed by atoms with Crippen LogP contribution in [0, 0.1) is 0 Å². The second kappa shape index (κ2) is 7.35. The Morgan fingerprint density at radius 2 is 2.10 bits per heavy atom. The van der Waals surface area contributed by atoms with Gasteiger partial charge in [0.25, 0.3) is 11.8 Å². The molecule has 2 aliphatic rings. The molecule has 1 aliphatic carbocycles. The predicted molar refractivity (Wildman–Crippen MR) is 106 cm³/mol. The number of phenols is 1. The SMILES string of the molecule is CC1(c2cc(C(=O)NC3CCN(C(=O)c4ccc(Cl)c(O)c4)CC3O)n[nH]2)CC1. The molecule has 2 heterocycles. The van der Waals surface area contributed by atoms with Crippen molar-refractivity contribution >= 4 is 23.4 Å². The first-order chi connectivity index (χ1) is 13.8. The average Bonchev–Trinajstić information content (AvgIpc) is 3.24. The van der Waals surface area contributed by atoms with E-state index >= 15 is 0 Å². The number of nitrogens with zero attached hydrogens (tertiary/aromatic N) is 2. The van der Waals surface area contributed by atoms with E-state index in [1.807, 2.05) is 0 Å². The number of aliphatic hydroxyl groups excluding tert-OH is 1. The number of H-pyrrole nitrogens is 1. The minimum absolute atomic E-state index is 0.0804. The van der Waals surface area contributed by atoms with Crippen LogP contribution in [-0.2, 0) is 5.41 Å². The number of hydrogen-bond donors (Lipinski definition) is 4. The van der Waals surface area contributed by atoms with Crippen molar-refractivity contribution in [3.63, 3.8) is 0 Å². The van der Waals surface area contributed by atoms with Crippen LogP contribution in [0.15, 0.2) is 24.3 Å². The summed E-state index contributed by atoms with van der Waals surface area (Å²) in [6, 6.07) is 5.58. The largest absolute Gasteiger partial charge is 0.506 e. The van der Waals surface area contributed by atoms with Crippen molar-refractivity contribution in [2.24, 2.45) is 0 Å². The number of carbonyl (C=O) groups is 2. The van der Waals surface area contributed by atoms with Gasteiger partial charge in [-0.3, -0.25) is 14.7 Å². The zero-order valence-electron chi connectivity index (χ0n) is 16.0. The van der Waals surface area contributed by atoms with Crippen LogP contribution in [-0.4, -0.2) is 62.4 Å². The van der Waals surface area contributed by atoms with Crippen LogP contribution < -0.4 is 5.32 Å². The zero-order chi connectivity index (χ0) is 20.8. The molecule has 0 spiro atoms. The molecule has 0 bridgehead atoms. The summed E-state index contributed by atoms with van der Waals surface area (Å²) < 4.78 is 0. The average molecular weight is 419 g/mol. The van der Waals surface area contributed by atoms with E-state index < -0.39 is 12.1 Å². The van der Waals surface area contributed by atoms with Gasteiger partial charge in [0.05, 0.1) is 17.2 Å². The zero-order valence-corrected chi connectivity index (χ0v) is 16.7. The van der Waals surface area contributed by atoms with Crippen LogP contribution in [0.5, 0.6) is 5.75 Å². The summed E-state index contributed by atoms with van der Waals surface area (Å²) in [7, 11) is 0. The summed E-state index contributed by atoms with van der Waals surface area (Å²) in [6.45, 7) is 2.57. The molecule has 8 nitrogen and oxygen atoms in total. The maximum absolute atomic E-state index is 12.6. The van der Waals surface area contributed by atoms with Crippen LogP contribution in [0.3, 0.4) is 0 Å². The maximum Gasteiger partial charge on any atom is 0.272 e. The number of aliphatic hydroxyl groups is 1. The number of β-amino-alcohol motifs (C(OH)–C–C–N with tert-alkyl or cyclic N) is 1. The highest BCUT2D eigenvalue weighted by atomic mass is 35.5. The van der Waals surface area contributed by atoms with Crippen LogP contribution in [0.25, 0.3) is 0 Å². The quantitative estimate of drug-likeness (QED) is 0.604. The number of aromatic amines is 1. The van der Waals surface area contributed by atoms with Crippen LogP contribution in [0.1, 0.15) is 52.7 Å². The number of rotatable bonds is 4. The van der Waals surface area contributed by atoms with Gasteiger partial charge in [-0.1, -0.05) is 18.5 Å². The third kappa shape index (κ3) is 3.95. The van der Waals surface area contributed by atoms with Crippen molar-refractivity contribution < 1.29 is 19.8 Å². The second-order valence-corrected chi connectivity index (χ2v) is 8.49. The van der Waals surface area contributed by atoms with Gasteiger partial charge >= 0.3 is 0 Å². The molecular formula is C20H23ClN4O4. The van der Waals surface area contributed by atoms with E-state index in [0.29, 0.717) is 24.2 Å². The van der Waals surface area contributed by atoms with Gasteiger partial charge < -0.3 is 20.4 Å². The lowest BCUT2D eigenvalue weighted by Gasteiger charge is -2.36. The molecule has 4 rings (SSSR count). The molecule has 4 N–H and O–H groups in total. The summed E-state index contributed by atoms with van der Waals surface area (Å²) in [5.74, 6) is -0.822. The van der Waals surface area contributed by atoms with E-state index in [1.165, 1.54) is 23.1 Å². The molecule has 0 radical (unpaired) electrons. The number of aromatic hydroxyl groups is 1. The van der Waals surface area contributed by atoms with E-state index in [-0.39, 0.29) is 34.5 Å². The fraction of sp³-hybridized carbons (Fsp3) is 0.450. The first-order valence-corrected chi connectivity index (χ1v) is 9.97. The summed E-state index contributed by atoms with van der Waals surface area (Å²) in [4.78, 5) is 26.6. The van der Waals surface area contributed by atoms with Gasteiger partial charge in [-0.25, -0.2) is 0 Å². The van der Waals surface area contributed by atoms with Crippen molar-refractivity contribution in [2.45, 2.75) is 43.7 Å². The fourth-order valence-corrected chi connectivity index (χ4v) is 3.68. The van der Waals surface area contributed by atoms with E-state index in [2.05, 4.69) is 22.4 Å². The molecule has 1 aromatic heterocycles. The number of piperidine rings is 1. The van der Waals surface area contributed by atoms with Gasteiger partial charge in [-0.15, -0.1) is 0 Å². The Kier molecular flexibility index (Phi) is 5.00. The monoisotopic (exact) mass is 418 g/mol. The molecular weight excluding hydrogens is 396 g/mol. The number of benzene rings is 1. The van der Waals surface area contributed by atoms with E-state index in [1.54, 1.807) is 6.07 Å². The summed E-state index contributed by atoms with van der Waals surface area (Å²) in [5.41, 5.74) is 1.64. The minimum atomic E-state index is -0.906. The molecule has 9 heteroatoms. The topological polar surface area (TPSA) is 119 Å². The van der Waals surface area contributed by atoms with Gasteiger partial charge in [0, 0.05) is 29.8 Å². The molecule has 2 unspecified atom stereocenters. The standard InChI is InChI=1S/C20H23ClN4O4/c1-20(5-6-20)17-9-14(23-24-17)18(28)22-13-4-7-25(10-16(13)27)19(29)11-2-3-12(21)15(26)8-11/h2-3,8-9,13,16,26-27H,4-7,10H2,1H3,(H,22,28)(H,23,24). The molecule has 29 heavy (non-hydrogen) atoms. The van der Waals surface area contributed by atoms with E-state index in [9.17, 15) is 19.8 Å². The Morgan fingerprint density at radius 3 is 2.76 bits per heavy atom. The molecule has 1 aromatic carbocycles. The Bertz CT molecular complexity index is 956. The summed E-state index contributed by atoms with van der Waals surface area (Å²) in [5, 5.41) is 30.2. The third-order valence-corrected chi connectivity index (χ3v) is 6.16. The molecule has 1 saturated carbocycles. The van der Waals surface area contributed by atoms with Crippen molar-refractivity contribution in [3.05, 3.63) is 46.2 Å². The molecule has 2 amide bonds. The summed E-state index contributed by atoms with van der Waals surface area (Å²) >= 11 is 5.78. The Morgan fingerprint density at radius 1 is 1.34 bits per heavy atom. The van der Waals surface area contributed by atoms with Crippen molar-refractivity contribution in [1.82, 2.24) is 20.4 Å². The first kappa shape index (κ1) is 19.7. The van der Waals surface area contributed by atoms with Crippen molar-refractivity contribution in [1.29, 1.82) is 0 Å². The molecule has 1 aliphatic heterocycles. The highest BCUT2D eigenvalue weighted by Gasteiger charge is 2.41. The number of amides is 2. The molecule has 154 valence electrons. The van der Waals surface area contributed by atoms with Crippen LogP contribution in [0.2, 0.25) is 5.02 Å². The third-order valence-electron chi connectivity index (χ3n) is 5.84. The Hall–Kier alpha value is -2.58. The van der Waals surface area contributed by atoms with Gasteiger partial charge in [-0.05, 0) is 43.5 Å². The number of likely N-dealkylation sites (tertiary alicyclic amines) is 1. The van der Waals surface area contributed by atoms with Gasteiger partial charge in [-0.2, -0.15) is 5.10 Å². The molecule has 2 atom stereocenters. The Balaban J connectivity index is 1.36. The number of hydrogen-bond acceptors (Lipinski definition) is 5. The normalized spacial score (nSPS) is 22.9. The number of halogens is 1. The fourth-order valence-electron chi connectivity index (χ4n) is 3.56. The highest BCUT2D eigenvalue weighted by molar-refractivity contribution is 6.32. The van der Waals surface area contributed by atoms with Crippen LogP contribution >= 0.6 is 11.6 Å². The predicted octanol–water partition coefficient (Wildman–Crippen LogP) is 1.83. The lowest BCUT2D eigenvalue weighted by atomic mass is 10.0. The highest BCUT2D eigenvalue weighted by Crippen LogP contribution is 2.46. The molecule has 1 saturated heterocycles. The smallest absolute Gasteiger partial charge is 0.272 e. The molecule has 2 fully saturated rings. The summed E-state index contributed by atoms with van der Waals surface area (Å²) in [6.07, 6.45) is 1.66. The van der Waals surface area contributed by atoms with Crippen LogP contribution in [0.4, 0.5) is 0 Å². The van der Waals surface area contributed by atoms with E-state index in [0.717, 1.165) is 18.5 Å². The minimum Gasteiger partial charge on any atom is -0.506 e. The number of aromatic nitrogens is 2. The van der Waals surface area contributed by atoms with Gasteiger partial charge in [0.2, 0.25) is 0 Å². The maximum atomic E-state index is 12.6. The van der Waals surface area contributed by atoms with Gasteiger partial charge in [0.15, 0.2) is 0 Å². The van der Waals surface area contributed by atoms with Crippen molar-refractivity contribution in [3.8, 4) is 5.75 Å². The number of nitrogens with one attached hydrogen (secondary N) is 2. The van der Waals surface area contributed by atoms with Crippen molar-refractivity contribution in [2.75, 3.05) is 13.1 Å². The lowest BCUT2D eigenvalue weighted by Crippen LogP contribution is -2.55. The number of phenolic OH excluding ortho intramolecular Hbond substituents is 1. The second-order valence-electron chi connectivity index (χ2n) is 8.08. The Labute approximate surface area is 172 Å². The first-order valence-electron chi connectivity index (χ1n) is 9.59. The lowest BCUT2D eigenvalue weighted by molar-refractivity contribution is 0.0314. The van der Waals surface area contributed by atoms with Gasteiger partial charge in [0.1, 0.15) is 11.4 Å². The molecule has 2 aromatic rings.